The summed E-state index contributed by atoms with van der Waals surface area (Å²) >= 11 is 0. The maximum atomic E-state index is 11.9. The Morgan fingerprint density at radius 2 is 1.81 bits per heavy atom. The largest absolute Gasteiger partial charge is 0.480 e. The van der Waals surface area contributed by atoms with Crippen molar-refractivity contribution in [3.8, 4) is 0 Å². The molecule has 1 saturated heterocycles. The number of piperidine rings is 1. The quantitative estimate of drug-likeness (QED) is 0.762. The highest BCUT2D eigenvalue weighted by Gasteiger charge is 2.20. The van der Waals surface area contributed by atoms with Crippen molar-refractivity contribution in [2.24, 2.45) is 0 Å². The monoisotopic (exact) mass is 299 g/mol. The van der Waals surface area contributed by atoms with Gasteiger partial charge in [0.05, 0.1) is 0 Å². The first-order valence-electron chi connectivity index (χ1n) is 7.46. The Morgan fingerprint density at radius 1 is 1.19 bits per heavy atom. The molecular formula is C14H25N3O4. The third-order valence-electron chi connectivity index (χ3n) is 3.51. The van der Waals surface area contributed by atoms with Gasteiger partial charge in [-0.2, -0.15) is 0 Å². The van der Waals surface area contributed by atoms with Crippen LogP contribution in [-0.2, 0) is 9.59 Å². The minimum Gasteiger partial charge on any atom is -0.480 e. The maximum absolute atomic E-state index is 11.9. The summed E-state index contributed by atoms with van der Waals surface area (Å²) in [6, 6.07) is -0.655. The first kappa shape index (κ1) is 17.3. The highest BCUT2D eigenvalue weighted by atomic mass is 16.4. The van der Waals surface area contributed by atoms with E-state index < -0.39 is 12.0 Å². The number of aliphatic carboxylic acids is 1. The van der Waals surface area contributed by atoms with Crippen molar-refractivity contribution in [2.75, 3.05) is 26.2 Å². The first-order valence-corrected chi connectivity index (χ1v) is 7.46. The summed E-state index contributed by atoms with van der Waals surface area (Å²) in [5, 5.41) is 11.4. The molecule has 1 heterocycles. The molecule has 0 unspecified atom stereocenters. The van der Waals surface area contributed by atoms with E-state index in [1.165, 1.54) is 11.3 Å². The molecule has 1 rings (SSSR count). The molecule has 120 valence electrons. The van der Waals surface area contributed by atoms with Gasteiger partial charge in [0.1, 0.15) is 6.54 Å². The van der Waals surface area contributed by atoms with Crippen molar-refractivity contribution < 1.29 is 19.5 Å². The molecule has 21 heavy (non-hydrogen) atoms. The lowest BCUT2D eigenvalue weighted by molar-refractivity contribution is -0.138. The molecular weight excluding hydrogens is 274 g/mol. The van der Waals surface area contributed by atoms with Gasteiger partial charge in [0, 0.05) is 32.1 Å². The second-order valence-electron chi connectivity index (χ2n) is 5.54. The number of rotatable bonds is 6. The van der Waals surface area contributed by atoms with Crippen molar-refractivity contribution in [1.29, 1.82) is 0 Å². The van der Waals surface area contributed by atoms with E-state index in [4.69, 9.17) is 5.11 Å². The topological polar surface area (TPSA) is 90.0 Å². The Balaban J connectivity index is 2.33. The number of carboxylic acids is 1. The van der Waals surface area contributed by atoms with E-state index in [2.05, 4.69) is 5.32 Å². The lowest BCUT2D eigenvalue weighted by atomic mass is 10.1. The number of nitrogens with one attached hydrogen (secondary N) is 1. The van der Waals surface area contributed by atoms with Gasteiger partial charge in [0.2, 0.25) is 5.91 Å². The summed E-state index contributed by atoms with van der Waals surface area (Å²) < 4.78 is 0. The zero-order valence-electron chi connectivity index (χ0n) is 12.8. The third-order valence-corrected chi connectivity index (χ3v) is 3.51. The van der Waals surface area contributed by atoms with Crippen LogP contribution in [0.3, 0.4) is 0 Å². The second kappa shape index (κ2) is 8.49. The van der Waals surface area contributed by atoms with Crippen LogP contribution in [0, 0.1) is 0 Å². The number of amides is 3. The number of hydrogen-bond acceptors (Lipinski definition) is 3. The molecule has 2 N–H and O–H groups in total. The lowest BCUT2D eigenvalue weighted by Crippen LogP contribution is -2.47. The van der Waals surface area contributed by atoms with Gasteiger partial charge in [0.15, 0.2) is 0 Å². The van der Waals surface area contributed by atoms with Crippen molar-refractivity contribution in [3.63, 3.8) is 0 Å². The fourth-order valence-electron chi connectivity index (χ4n) is 2.31. The van der Waals surface area contributed by atoms with E-state index in [1.54, 1.807) is 13.8 Å². The zero-order chi connectivity index (χ0) is 15.8. The van der Waals surface area contributed by atoms with E-state index in [1.807, 2.05) is 4.90 Å². The number of likely N-dealkylation sites (tertiary alicyclic amines) is 1. The number of nitrogens with zero attached hydrogens (tertiary/aromatic N) is 2. The highest BCUT2D eigenvalue weighted by Crippen LogP contribution is 2.09. The number of hydrogen-bond donors (Lipinski definition) is 2. The fraction of sp³-hybridized carbons (Fsp3) is 0.786. The van der Waals surface area contributed by atoms with Crippen LogP contribution >= 0.6 is 0 Å². The summed E-state index contributed by atoms with van der Waals surface area (Å²) in [5.41, 5.74) is 0. The standard InChI is InChI=1S/C14H25N3O4/c1-11(2)17(10-13(19)20)14(21)15-7-6-12(18)16-8-4-3-5-9-16/h11H,3-10H2,1-2H3,(H,15,21)(H,19,20). The summed E-state index contributed by atoms with van der Waals surface area (Å²) in [6.07, 6.45) is 3.50. The predicted octanol–water partition coefficient (Wildman–Crippen LogP) is 0.894. The minimum atomic E-state index is -1.05. The maximum Gasteiger partial charge on any atom is 0.323 e. The van der Waals surface area contributed by atoms with E-state index >= 15 is 0 Å². The van der Waals surface area contributed by atoms with Gasteiger partial charge in [-0.3, -0.25) is 9.59 Å². The smallest absolute Gasteiger partial charge is 0.323 e. The van der Waals surface area contributed by atoms with E-state index in [-0.39, 0.29) is 31.5 Å². The average molecular weight is 299 g/mol. The third kappa shape index (κ3) is 6.01. The van der Waals surface area contributed by atoms with Gasteiger partial charge in [-0.1, -0.05) is 0 Å². The van der Waals surface area contributed by atoms with Crippen LogP contribution in [0.4, 0.5) is 4.79 Å². The molecule has 0 saturated carbocycles. The van der Waals surface area contributed by atoms with Crippen LogP contribution < -0.4 is 5.32 Å². The normalized spacial score (nSPS) is 14.9. The van der Waals surface area contributed by atoms with Gasteiger partial charge >= 0.3 is 12.0 Å². The number of carbonyl (C=O) groups is 3. The zero-order valence-corrected chi connectivity index (χ0v) is 12.8. The molecule has 0 aromatic rings. The Kier molecular flexibility index (Phi) is 6.98. The van der Waals surface area contributed by atoms with Gasteiger partial charge < -0.3 is 20.2 Å². The molecule has 1 aliphatic rings. The Labute approximate surface area is 125 Å². The Hall–Kier alpha value is -1.79. The van der Waals surface area contributed by atoms with E-state index in [9.17, 15) is 14.4 Å². The number of urea groups is 1. The lowest BCUT2D eigenvalue weighted by Gasteiger charge is -2.27. The van der Waals surface area contributed by atoms with Gasteiger partial charge in [-0.25, -0.2) is 4.79 Å². The highest BCUT2D eigenvalue weighted by molar-refractivity contribution is 5.81. The Bertz CT molecular complexity index is 378. The van der Waals surface area contributed by atoms with Gasteiger partial charge in [-0.05, 0) is 33.1 Å². The molecule has 7 heteroatoms. The molecule has 0 radical (unpaired) electrons. The van der Waals surface area contributed by atoms with Crippen molar-refractivity contribution >= 4 is 17.9 Å². The molecule has 0 aromatic carbocycles. The van der Waals surface area contributed by atoms with Crippen LogP contribution in [0.1, 0.15) is 39.5 Å². The number of carboxylic acid groups (broad SMARTS) is 1. The van der Waals surface area contributed by atoms with Crippen molar-refractivity contribution in [3.05, 3.63) is 0 Å². The molecule has 0 bridgehead atoms. The van der Waals surface area contributed by atoms with Crippen LogP contribution in [0.25, 0.3) is 0 Å². The SMILES string of the molecule is CC(C)N(CC(=O)O)C(=O)NCCC(=O)N1CCCCC1. The molecule has 0 aliphatic carbocycles. The first-order chi connectivity index (χ1) is 9.91. The van der Waals surface area contributed by atoms with Crippen molar-refractivity contribution in [1.82, 2.24) is 15.1 Å². The molecule has 0 spiro atoms. The minimum absolute atomic E-state index is 0.0457. The molecule has 1 aliphatic heterocycles. The molecule has 7 nitrogen and oxygen atoms in total. The second-order valence-corrected chi connectivity index (χ2v) is 5.54. The fourth-order valence-corrected chi connectivity index (χ4v) is 2.31. The summed E-state index contributed by atoms with van der Waals surface area (Å²) in [7, 11) is 0. The van der Waals surface area contributed by atoms with E-state index in [0.29, 0.717) is 0 Å². The summed E-state index contributed by atoms with van der Waals surface area (Å²) in [5.74, 6) is -1.01. The molecule has 0 aromatic heterocycles. The molecule has 0 atom stereocenters. The summed E-state index contributed by atoms with van der Waals surface area (Å²) in [4.78, 5) is 37.6. The predicted molar refractivity (Wildman–Crippen MR) is 77.9 cm³/mol. The van der Waals surface area contributed by atoms with Gasteiger partial charge in [0.25, 0.3) is 0 Å². The van der Waals surface area contributed by atoms with Gasteiger partial charge in [-0.15, -0.1) is 0 Å². The molecule has 3 amide bonds. The Morgan fingerprint density at radius 3 is 2.33 bits per heavy atom. The van der Waals surface area contributed by atoms with E-state index in [0.717, 1.165) is 25.9 Å². The van der Waals surface area contributed by atoms with Crippen LogP contribution in [0.15, 0.2) is 0 Å². The van der Waals surface area contributed by atoms with Crippen LogP contribution in [0.2, 0.25) is 0 Å². The molecule has 1 fully saturated rings. The van der Waals surface area contributed by atoms with Crippen molar-refractivity contribution in [2.45, 2.75) is 45.6 Å². The average Bonchev–Trinajstić information content (AvgIpc) is 2.45. The van der Waals surface area contributed by atoms with Crippen LogP contribution in [-0.4, -0.2) is 65.0 Å². The summed E-state index contributed by atoms with van der Waals surface area (Å²) in [6.45, 7) is 4.98. The number of carbonyl (C=O) groups excluding carboxylic acids is 2. The van der Waals surface area contributed by atoms with Crippen LogP contribution in [0.5, 0.6) is 0 Å².